The Bertz CT molecular complexity index is 1420. The molecule has 2 N–H and O–H groups in total. The third-order valence-corrected chi connectivity index (χ3v) is 7.98. The van der Waals surface area contributed by atoms with Gasteiger partial charge < -0.3 is 29.7 Å². The Morgan fingerprint density at radius 1 is 1.05 bits per heavy atom. The first-order chi connectivity index (χ1) is 21.4. The zero-order valence-electron chi connectivity index (χ0n) is 25.2. The Balaban J connectivity index is 1.38. The van der Waals surface area contributed by atoms with Gasteiger partial charge in [-0.3, -0.25) is 19.1 Å². The van der Waals surface area contributed by atoms with Crippen LogP contribution < -0.4 is 10.1 Å². The number of aryl methyl sites for hydroxylation is 2. The van der Waals surface area contributed by atoms with Crippen molar-refractivity contribution in [1.82, 2.24) is 24.9 Å². The molecule has 44 heavy (non-hydrogen) atoms. The molecule has 11 heteroatoms. The molecule has 1 aromatic heterocycles. The van der Waals surface area contributed by atoms with Gasteiger partial charge >= 0.3 is 0 Å². The number of aliphatic hydroxyl groups is 1. The fourth-order valence-corrected chi connectivity index (χ4v) is 5.67. The Morgan fingerprint density at radius 3 is 2.68 bits per heavy atom. The fraction of sp³-hybridized carbons (Fsp3) is 0.455. The number of hydrogen-bond donors (Lipinski definition) is 2. The van der Waals surface area contributed by atoms with E-state index in [9.17, 15) is 19.5 Å². The monoisotopic (exact) mass is 603 g/mol. The number of likely N-dealkylation sites (tertiary alicyclic amines) is 1. The summed E-state index contributed by atoms with van der Waals surface area (Å²) >= 11 is 0. The molecule has 11 nitrogen and oxygen atoms in total. The Labute approximate surface area is 257 Å². The number of amides is 3. The van der Waals surface area contributed by atoms with Gasteiger partial charge in [-0.05, 0) is 67.1 Å². The van der Waals surface area contributed by atoms with Crippen molar-refractivity contribution in [2.45, 2.75) is 64.3 Å². The average Bonchev–Trinajstić information content (AvgIpc) is 3.49. The SMILES string of the molecule is CCCn1nccc1C(=O)N1CC[C@@H]2OCc3cccc(c3)Oc3ccc(cc3)CCC(=O)N(CCCO)CC(=O)N[C@H]2C1. The van der Waals surface area contributed by atoms with Gasteiger partial charge in [0.1, 0.15) is 17.2 Å². The lowest BCUT2D eigenvalue weighted by molar-refractivity contribution is -0.137. The molecule has 2 aromatic carbocycles. The maximum absolute atomic E-state index is 13.5. The number of aromatic nitrogens is 2. The van der Waals surface area contributed by atoms with Crippen LogP contribution in [0.3, 0.4) is 0 Å². The summed E-state index contributed by atoms with van der Waals surface area (Å²) in [4.78, 5) is 43.4. The third-order valence-electron chi connectivity index (χ3n) is 7.98. The van der Waals surface area contributed by atoms with Crippen LogP contribution in [0, 0.1) is 0 Å². The molecule has 3 aromatic rings. The highest BCUT2D eigenvalue weighted by Crippen LogP contribution is 2.25. The molecule has 3 aliphatic rings. The predicted molar refractivity (Wildman–Crippen MR) is 163 cm³/mol. The van der Waals surface area contributed by atoms with Gasteiger partial charge in [-0.1, -0.05) is 31.2 Å². The minimum atomic E-state index is -0.491. The van der Waals surface area contributed by atoms with Crippen molar-refractivity contribution in [1.29, 1.82) is 0 Å². The number of fused-ring (bicyclic) bond motifs is 9. The van der Waals surface area contributed by atoms with Crippen LogP contribution in [0.2, 0.25) is 0 Å². The number of nitrogens with zero attached hydrogens (tertiary/aromatic N) is 4. The summed E-state index contributed by atoms with van der Waals surface area (Å²) in [5.74, 6) is 0.724. The van der Waals surface area contributed by atoms with Crippen LogP contribution in [0.15, 0.2) is 60.8 Å². The van der Waals surface area contributed by atoms with Gasteiger partial charge in [0, 0.05) is 45.4 Å². The van der Waals surface area contributed by atoms with E-state index in [4.69, 9.17) is 9.47 Å². The Hall–Kier alpha value is -4.22. The summed E-state index contributed by atoms with van der Waals surface area (Å²) in [5.41, 5.74) is 2.41. The molecule has 1 saturated heterocycles. The van der Waals surface area contributed by atoms with Crippen molar-refractivity contribution in [3.05, 3.63) is 77.6 Å². The van der Waals surface area contributed by atoms with Crippen LogP contribution >= 0.6 is 0 Å². The van der Waals surface area contributed by atoms with E-state index in [2.05, 4.69) is 10.4 Å². The molecule has 1 fully saturated rings. The number of carbonyl (C=O) groups is 3. The van der Waals surface area contributed by atoms with Gasteiger partial charge in [0.05, 0.1) is 25.3 Å². The minimum Gasteiger partial charge on any atom is -0.457 e. The smallest absolute Gasteiger partial charge is 0.272 e. The molecule has 2 atom stereocenters. The van der Waals surface area contributed by atoms with Crippen LogP contribution in [0.25, 0.3) is 0 Å². The summed E-state index contributed by atoms with van der Waals surface area (Å²) in [6.45, 7) is 3.73. The van der Waals surface area contributed by atoms with Crippen molar-refractivity contribution in [3.8, 4) is 11.5 Å². The molecule has 0 spiro atoms. The number of nitrogens with one attached hydrogen (secondary N) is 1. The minimum absolute atomic E-state index is 0.0855. The largest absolute Gasteiger partial charge is 0.457 e. The molecule has 0 radical (unpaired) electrons. The molecule has 234 valence electrons. The summed E-state index contributed by atoms with van der Waals surface area (Å²) in [6.07, 6.45) is 3.74. The van der Waals surface area contributed by atoms with Gasteiger partial charge in [0.2, 0.25) is 11.8 Å². The second-order valence-corrected chi connectivity index (χ2v) is 11.3. The lowest BCUT2D eigenvalue weighted by Crippen LogP contribution is -2.58. The second-order valence-electron chi connectivity index (χ2n) is 11.3. The molecule has 3 aliphatic heterocycles. The van der Waals surface area contributed by atoms with E-state index in [0.29, 0.717) is 56.2 Å². The zero-order chi connectivity index (χ0) is 30.9. The topological polar surface area (TPSA) is 126 Å². The van der Waals surface area contributed by atoms with Crippen LogP contribution in [-0.2, 0) is 33.9 Å². The predicted octanol–water partition coefficient (Wildman–Crippen LogP) is 3.16. The third kappa shape index (κ3) is 8.03. The number of carbonyl (C=O) groups excluding carboxylic acids is 3. The first-order valence-corrected chi connectivity index (χ1v) is 15.4. The van der Waals surface area contributed by atoms with Gasteiger partial charge in [-0.25, -0.2) is 0 Å². The number of aliphatic hydroxyl groups excluding tert-OH is 1. The van der Waals surface area contributed by atoms with Crippen LogP contribution in [0.1, 0.15) is 54.2 Å². The molecular formula is C33H41N5O6. The van der Waals surface area contributed by atoms with E-state index in [0.717, 1.165) is 17.5 Å². The van der Waals surface area contributed by atoms with Crippen LogP contribution in [-0.4, -0.2) is 87.3 Å². The normalized spacial score (nSPS) is 19.8. The van der Waals surface area contributed by atoms with Crippen LogP contribution in [0.5, 0.6) is 11.5 Å². The second kappa shape index (κ2) is 15.0. The van der Waals surface area contributed by atoms with Gasteiger partial charge in [0.25, 0.3) is 5.91 Å². The maximum Gasteiger partial charge on any atom is 0.272 e. The molecule has 4 bridgehead atoms. The van der Waals surface area contributed by atoms with Crippen molar-refractivity contribution in [2.24, 2.45) is 0 Å². The van der Waals surface area contributed by atoms with E-state index in [1.165, 1.54) is 4.90 Å². The van der Waals surface area contributed by atoms with E-state index in [-0.39, 0.29) is 56.5 Å². The number of hydrogen-bond acceptors (Lipinski definition) is 7. The highest BCUT2D eigenvalue weighted by molar-refractivity contribution is 5.92. The van der Waals surface area contributed by atoms with Gasteiger partial charge in [-0.15, -0.1) is 0 Å². The molecular weight excluding hydrogens is 562 g/mol. The van der Waals surface area contributed by atoms with E-state index in [1.54, 1.807) is 21.8 Å². The maximum atomic E-state index is 13.5. The van der Waals surface area contributed by atoms with Crippen LogP contribution in [0.4, 0.5) is 0 Å². The summed E-state index contributed by atoms with van der Waals surface area (Å²) in [7, 11) is 0. The summed E-state index contributed by atoms with van der Waals surface area (Å²) < 4.78 is 14.2. The first-order valence-electron chi connectivity index (χ1n) is 15.4. The summed E-state index contributed by atoms with van der Waals surface area (Å²) in [5, 5.41) is 16.8. The van der Waals surface area contributed by atoms with Gasteiger partial charge in [-0.2, -0.15) is 5.10 Å². The Morgan fingerprint density at radius 2 is 1.89 bits per heavy atom. The van der Waals surface area contributed by atoms with Gasteiger partial charge in [0.15, 0.2) is 0 Å². The molecule has 0 unspecified atom stereocenters. The van der Waals surface area contributed by atoms with Crippen molar-refractivity contribution >= 4 is 17.7 Å². The molecule has 0 saturated carbocycles. The van der Waals surface area contributed by atoms with E-state index in [1.807, 2.05) is 55.5 Å². The lowest BCUT2D eigenvalue weighted by Gasteiger charge is -2.39. The standard InChI is InChI=1S/C33H41N5O6/c1-2-16-38-29(13-15-34-38)33(42)37-18-14-30-28(21-37)35-31(40)22-36(17-4-19-39)32(41)12-9-24-7-10-26(11-8-24)44-27-6-3-5-25(20-27)23-43-30/h3,5-8,10-11,13,15,20,28,30,39H,2,4,9,12,14,16-19,21-23H2,1H3,(H,35,40)/t28-,30-/m0/s1. The molecule has 6 rings (SSSR count). The number of rotatable bonds is 6. The quantitative estimate of drug-likeness (QED) is 0.443. The zero-order valence-corrected chi connectivity index (χ0v) is 25.2. The van der Waals surface area contributed by atoms with E-state index >= 15 is 0 Å². The first kappa shape index (κ1) is 31.2. The van der Waals surface area contributed by atoms with E-state index < -0.39 is 6.04 Å². The fourth-order valence-electron chi connectivity index (χ4n) is 5.67. The highest BCUT2D eigenvalue weighted by Gasteiger charge is 2.35. The highest BCUT2D eigenvalue weighted by atomic mass is 16.5. The van der Waals surface area contributed by atoms with Crippen molar-refractivity contribution in [3.63, 3.8) is 0 Å². The molecule has 4 heterocycles. The number of piperidine rings is 1. The summed E-state index contributed by atoms with van der Waals surface area (Å²) in [6, 6.07) is 16.5. The lowest BCUT2D eigenvalue weighted by atomic mass is 10.0. The Kier molecular flexibility index (Phi) is 10.6. The van der Waals surface area contributed by atoms with Crippen molar-refractivity contribution in [2.75, 3.05) is 32.8 Å². The average molecular weight is 604 g/mol. The van der Waals surface area contributed by atoms with Crippen molar-refractivity contribution < 1.29 is 29.0 Å². The molecule has 0 aliphatic carbocycles. The molecule has 3 amide bonds. The number of ether oxygens (including phenoxy) is 2. The number of benzene rings is 2.